The first-order valence-corrected chi connectivity index (χ1v) is 11.5. The number of anilines is 2. The third-order valence-electron chi connectivity index (χ3n) is 6.16. The Hall–Kier alpha value is -3.79. The molecule has 0 atom stereocenters. The third-order valence-corrected chi connectivity index (χ3v) is 6.16. The molecule has 35 heavy (non-hydrogen) atoms. The number of benzene rings is 1. The van der Waals surface area contributed by atoms with Crippen LogP contribution >= 0.6 is 0 Å². The van der Waals surface area contributed by atoms with Gasteiger partial charge in [-0.3, -0.25) is 4.79 Å². The van der Waals surface area contributed by atoms with E-state index in [4.69, 9.17) is 4.74 Å². The fourth-order valence-corrected chi connectivity index (χ4v) is 4.15. The highest BCUT2D eigenvalue weighted by Crippen LogP contribution is 2.32. The van der Waals surface area contributed by atoms with Crippen LogP contribution in [-0.2, 0) is 10.3 Å². The Morgan fingerprint density at radius 1 is 1.11 bits per heavy atom. The van der Waals surface area contributed by atoms with Crippen molar-refractivity contribution in [1.29, 1.82) is 0 Å². The molecule has 1 saturated heterocycles. The van der Waals surface area contributed by atoms with Crippen LogP contribution in [0.5, 0.6) is 0 Å². The molecule has 0 saturated carbocycles. The minimum atomic E-state index is -0.508. The van der Waals surface area contributed by atoms with E-state index < -0.39 is 11.7 Å². The summed E-state index contributed by atoms with van der Waals surface area (Å²) in [5.41, 5.74) is 3.18. The molecule has 10 heteroatoms. The number of hydrogen-bond donors (Lipinski definition) is 1. The van der Waals surface area contributed by atoms with E-state index >= 15 is 0 Å². The number of ether oxygens (including phenoxy) is 1. The minimum absolute atomic E-state index is 0.0928. The first kappa shape index (κ1) is 23.0. The van der Waals surface area contributed by atoms with Crippen LogP contribution in [0.3, 0.4) is 0 Å². The third kappa shape index (κ3) is 4.49. The Morgan fingerprint density at radius 2 is 1.89 bits per heavy atom. The molecular weight excluding hydrogens is 449 g/mol. The molecule has 0 aliphatic carbocycles. The summed E-state index contributed by atoms with van der Waals surface area (Å²) in [6.45, 7) is 10.6. The van der Waals surface area contributed by atoms with Crippen LogP contribution in [0.15, 0.2) is 43.1 Å². The number of carbonyl (C=O) groups excluding carboxylic acids is 1. The lowest BCUT2D eigenvalue weighted by molar-refractivity contribution is 0.102. The van der Waals surface area contributed by atoms with Crippen LogP contribution < -0.4 is 10.2 Å². The highest BCUT2D eigenvalue weighted by Gasteiger charge is 2.20. The second-order valence-corrected chi connectivity index (χ2v) is 9.67. The summed E-state index contributed by atoms with van der Waals surface area (Å²) in [7, 11) is 0. The van der Waals surface area contributed by atoms with E-state index in [0.29, 0.717) is 18.9 Å². The Labute approximate surface area is 202 Å². The molecule has 1 aliphatic heterocycles. The first-order chi connectivity index (χ1) is 16.7. The van der Waals surface area contributed by atoms with Crippen molar-refractivity contribution < 1.29 is 13.9 Å². The van der Waals surface area contributed by atoms with Gasteiger partial charge in [-0.25, -0.2) is 14.4 Å². The number of nitrogens with one attached hydrogen (secondary N) is 1. The van der Waals surface area contributed by atoms with Gasteiger partial charge in [0.25, 0.3) is 5.91 Å². The van der Waals surface area contributed by atoms with E-state index in [1.165, 1.54) is 12.4 Å². The molecule has 0 radical (unpaired) electrons. The van der Waals surface area contributed by atoms with Crippen molar-refractivity contribution in [2.24, 2.45) is 0 Å². The van der Waals surface area contributed by atoms with E-state index in [-0.39, 0.29) is 16.9 Å². The van der Waals surface area contributed by atoms with E-state index in [1.807, 2.05) is 44.4 Å². The number of nitrogens with zero attached hydrogens (tertiary/aromatic N) is 6. The predicted octanol–water partition coefficient (Wildman–Crippen LogP) is 3.88. The summed E-state index contributed by atoms with van der Waals surface area (Å²) >= 11 is 0. The summed E-state index contributed by atoms with van der Waals surface area (Å²) in [5.74, 6) is -0.0873. The number of carbonyl (C=O) groups is 1. The number of halogens is 1. The quantitative estimate of drug-likeness (QED) is 0.480. The van der Waals surface area contributed by atoms with Gasteiger partial charge in [-0.15, -0.1) is 0 Å². The van der Waals surface area contributed by atoms with Crippen LogP contribution in [-0.4, -0.2) is 56.4 Å². The summed E-state index contributed by atoms with van der Waals surface area (Å²) in [6, 6.07) is 7.02. The van der Waals surface area contributed by atoms with Gasteiger partial charge >= 0.3 is 0 Å². The SMILES string of the molecule is Cc1cc(F)c(NC(=O)c2cn(C(C)(C)C)cn2)cc1-c1cc(N2CCOCC2)n2ncnc2c1. The zero-order chi connectivity index (χ0) is 24.7. The lowest BCUT2D eigenvalue weighted by Gasteiger charge is -2.29. The van der Waals surface area contributed by atoms with Crippen LogP contribution in [0.2, 0.25) is 0 Å². The number of morpholine rings is 1. The van der Waals surface area contributed by atoms with Crippen LogP contribution in [0.4, 0.5) is 15.9 Å². The summed E-state index contributed by atoms with van der Waals surface area (Å²) in [5, 5.41) is 7.06. The maximum absolute atomic E-state index is 14.9. The monoisotopic (exact) mass is 477 g/mol. The fourth-order valence-electron chi connectivity index (χ4n) is 4.15. The molecule has 1 aromatic carbocycles. The van der Waals surface area contributed by atoms with Gasteiger partial charge in [-0.2, -0.15) is 9.61 Å². The standard InChI is InChI=1S/C25H28FN7O2/c1-16-9-19(26)20(30-24(34)21-13-32(15-28-21)25(2,3)4)12-18(16)17-10-22-27-14-29-33(22)23(11-17)31-5-7-35-8-6-31/h9-15H,5-8H2,1-4H3,(H,30,34). The van der Waals surface area contributed by atoms with Crippen molar-refractivity contribution in [3.8, 4) is 11.1 Å². The lowest BCUT2D eigenvalue weighted by Crippen LogP contribution is -2.37. The van der Waals surface area contributed by atoms with Crippen LogP contribution in [0.25, 0.3) is 16.8 Å². The normalized spacial score (nSPS) is 14.5. The van der Waals surface area contributed by atoms with E-state index in [2.05, 4.69) is 25.3 Å². The molecule has 1 amide bonds. The van der Waals surface area contributed by atoms with Gasteiger partial charge in [0.05, 0.1) is 25.2 Å². The van der Waals surface area contributed by atoms with E-state index in [1.54, 1.807) is 23.1 Å². The lowest BCUT2D eigenvalue weighted by atomic mass is 9.99. The molecule has 1 aliphatic rings. The van der Waals surface area contributed by atoms with Crippen molar-refractivity contribution in [2.75, 3.05) is 36.5 Å². The molecule has 5 rings (SSSR count). The average Bonchev–Trinajstić information content (AvgIpc) is 3.50. The molecule has 1 N–H and O–H groups in total. The molecule has 1 fully saturated rings. The Bertz CT molecular complexity index is 1400. The smallest absolute Gasteiger partial charge is 0.275 e. The minimum Gasteiger partial charge on any atom is -0.378 e. The van der Waals surface area contributed by atoms with E-state index in [9.17, 15) is 9.18 Å². The number of amides is 1. The van der Waals surface area contributed by atoms with Crippen molar-refractivity contribution >= 4 is 23.1 Å². The van der Waals surface area contributed by atoms with E-state index in [0.717, 1.165) is 35.6 Å². The van der Waals surface area contributed by atoms with Gasteiger partial charge in [0.2, 0.25) is 0 Å². The summed E-state index contributed by atoms with van der Waals surface area (Å²) < 4.78 is 24.0. The highest BCUT2D eigenvalue weighted by atomic mass is 19.1. The fraction of sp³-hybridized carbons (Fsp3) is 0.360. The largest absolute Gasteiger partial charge is 0.378 e. The number of imidazole rings is 1. The maximum Gasteiger partial charge on any atom is 0.275 e. The molecule has 0 bridgehead atoms. The molecular formula is C25H28FN7O2. The first-order valence-electron chi connectivity index (χ1n) is 11.5. The van der Waals surface area contributed by atoms with Crippen molar-refractivity contribution in [2.45, 2.75) is 33.2 Å². The molecule has 0 unspecified atom stereocenters. The van der Waals surface area contributed by atoms with Gasteiger partial charge in [0.1, 0.15) is 23.7 Å². The van der Waals surface area contributed by atoms with Gasteiger partial charge in [0, 0.05) is 24.8 Å². The summed E-state index contributed by atoms with van der Waals surface area (Å²) in [6.07, 6.45) is 4.78. The van der Waals surface area contributed by atoms with Gasteiger partial charge in [-0.05, 0) is 68.7 Å². The second kappa shape index (κ2) is 8.77. The summed E-state index contributed by atoms with van der Waals surface area (Å²) in [4.78, 5) is 23.6. The van der Waals surface area contributed by atoms with Crippen molar-refractivity contribution in [3.05, 3.63) is 60.2 Å². The second-order valence-electron chi connectivity index (χ2n) is 9.67. The van der Waals surface area contributed by atoms with Gasteiger partial charge in [-0.1, -0.05) is 0 Å². The maximum atomic E-state index is 14.9. The topological polar surface area (TPSA) is 89.6 Å². The molecule has 3 aromatic heterocycles. The number of hydrogen-bond acceptors (Lipinski definition) is 6. The van der Waals surface area contributed by atoms with Crippen LogP contribution in [0, 0.1) is 12.7 Å². The number of aromatic nitrogens is 5. The zero-order valence-electron chi connectivity index (χ0n) is 20.2. The Morgan fingerprint density at radius 3 is 2.60 bits per heavy atom. The average molecular weight is 478 g/mol. The Kier molecular flexibility index (Phi) is 5.76. The van der Waals surface area contributed by atoms with Gasteiger partial charge < -0.3 is 19.5 Å². The van der Waals surface area contributed by atoms with Crippen molar-refractivity contribution in [3.63, 3.8) is 0 Å². The molecule has 9 nitrogen and oxygen atoms in total. The molecule has 4 heterocycles. The number of fused-ring (bicyclic) bond motifs is 1. The molecule has 0 spiro atoms. The number of pyridine rings is 1. The van der Waals surface area contributed by atoms with Crippen molar-refractivity contribution in [1.82, 2.24) is 24.1 Å². The Balaban J connectivity index is 1.51. The van der Waals surface area contributed by atoms with Gasteiger partial charge in [0.15, 0.2) is 5.65 Å². The predicted molar refractivity (Wildman–Crippen MR) is 131 cm³/mol. The van der Waals surface area contributed by atoms with Crippen LogP contribution in [0.1, 0.15) is 36.8 Å². The zero-order valence-corrected chi connectivity index (χ0v) is 20.2. The number of rotatable bonds is 4. The molecule has 182 valence electrons. The molecule has 4 aromatic rings. The highest BCUT2D eigenvalue weighted by molar-refractivity contribution is 6.03. The number of aryl methyl sites for hydroxylation is 1.